The molecule has 0 spiro atoms. The van der Waals surface area contributed by atoms with Crippen molar-refractivity contribution in [3.05, 3.63) is 34.4 Å². The third kappa shape index (κ3) is 3.81. The van der Waals surface area contributed by atoms with Crippen molar-refractivity contribution in [2.75, 3.05) is 6.54 Å². The van der Waals surface area contributed by atoms with Gasteiger partial charge in [0.15, 0.2) is 0 Å². The number of amides is 2. The van der Waals surface area contributed by atoms with Crippen molar-refractivity contribution in [3.63, 3.8) is 0 Å². The molecular weight excluding hydrogens is 272 g/mol. The van der Waals surface area contributed by atoms with Gasteiger partial charge in [-0.3, -0.25) is 9.59 Å². The van der Waals surface area contributed by atoms with Crippen molar-refractivity contribution in [1.82, 2.24) is 10.6 Å². The van der Waals surface area contributed by atoms with Gasteiger partial charge in [-0.15, -0.1) is 0 Å². The van der Waals surface area contributed by atoms with Gasteiger partial charge in [0.2, 0.25) is 5.91 Å². The summed E-state index contributed by atoms with van der Waals surface area (Å²) in [7, 11) is 0. The van der Waals surface area contributed by atoms with Crippen molar-refractivity contribution in [2.24, 2.45) is 0 Å². The van der Waals surface area contributed by atoms with Gasteiger partial charge in [-0.1, -0.05) is 12.1 Å². The summed E-state index contributed by atoms with van der Waals surface area (Å²) in [6.07, 6.45) is 0. The first kappa shape index (κ1) is 16.7. The van der Waals surface area contributed by atoms with E-state index in [1.807, 2.05) is 0 Å². The van der Waals surface area contributed by atoms with Crippen molar-refractivity contribution in [3.8, 4) is 0 Å². The second-order valence-electron chi connectivity index (χ2n) is 4.84. The Morgan fingerprint density at radius 2 is 1.67 bits per heavy atom. The normalized spacial score (nSPS) is 11.6. The molecule has 0 saturated carbocycles. The molecule has 1 rings (SSSR count). The van der Waals surface area contributed by atoms with Crippen LogP contribution in [0.25, 0.3) is 0 Å². The van der Waals surface area contributed by atoms with E-state index in [2.05, 4.69) is 10.6 Å². The van der Waals surface area contributed by atoms with Crippen molar-refractivity contribution >= 4 is 17.8 Å². The highest BCUT2D eigenvalue weighted by atomic mass is 16.4. The molecule has 1 unspecified atom stereocenters. The van der Waals surface area contributed by atoms with E-state index in [0.717, 1.165) is 0 Å². The number of carbonyl (C=O) groups excluding carboxylic acids is 2. The lowest BCUT2D eigenvalue weighted by atomic mass is 9.96. The molecule has 2 amide bonds. The van der Waals surface area contributed by atoms with Crippen LogP contribution in [0.15, 0.2) is 12.1 Å². The van der Waals surface area contributed by atoms with Crippen LogP contribution in [-0.2, 0) is 4.79 Å². The van der Waals surface area contributed by atoms with Gasteiger partial charge in [-0.25, -0.2) is 4.79 Å². The number of nitrogens with one attached hydrogen (secondary N) is 2. The molecule has 114 valence electrons. The molecule has 0 heterocycles. The zero-order valence-electron chi connectivity index (χ0n) is 12.6. The average molecular weight is 292 g/mol. The van der Waals surface area contributed by atoms with Gasteiger partial charge in [-0.05, 0) is 38.8 Å². The molecule has 0 aliphatic carbocycles. The number of likely N-dealkylation sites (N-methyl/N-ethyl adjacent to an activating group) is 1. The van der Waals surface area contributed by atoms with E-state index in [4.69, 9.17) is 0 Å². The van der Waals surface area contributed by atoms with Crippen molar-refractivity contribution in [2.45, 2.75) is 33.7 Å². The van der Waals surface area contributed by atoms with Crippen molar-refractivity contribution in [1.29, 1.82) is 0 Å². The Morgan fingerprint density at radius 3 is 2.14 bits per heavy atom. The topological polar surface area (TPSA) is 95.5 Å². The van der Waals surface area contributed by atoms with Crippen LogP contribution in [0.3, 0.4) is 0 Å². The van der Waals surface area contributed by atoms with Crippen LogP contribution >= 0.6 is 0 Å². The molecule has 0 aliphatic rings. The molecule has 1 aromatic rings. The maximum Gasteiger partial charge on any atom is 0.336 e. The second kappa shape index (κ2) is 6.88. The van der Waals surface area contributed by atoms with Gasteiger partial charge in [0.05, 0.1) is 11.1 Å². The number of benzene rings is 1. The monoisotopic (exact) mass is 292 g/mol. The Labute approximate surface area is 123 Å². The van der Waals surface area contributed by atoms with Crippen LogP contribution in [0.1, 0.15) is 45.7 Å². The third-order valence-corrected chi connectivity index (χ3v) is 3.15. The minimum atomic E-state index is -1.16. The van der Waals surface area contributed by atoms with Gasteiger partial charge in [-0.2, -0.15) is 0 Å². The molecule has 0 aliphatic heterocycles. The Bertz CT molecular complexity index is 581. The number of carbonyl (C=O) groups is 3. The number of aryl methyl sites for hydroxylation is 2. The number of hydrogen-bond acceptors (Lipinski definition) is 3. The van der Waals surface area contributed by atoms with Crippen LogP contribution in [0.5, 0.6) is 0 Å². The molecule has 6 heteroatoms. The Balaban J connectivity index is 3.11. The Kier molecular flexibility index (Phi) is 5.46. The van der Waals surface area contributed by atoms with Gasteiger partial charge in [0.25, 0.3) is 5.91 Å². The summed E-state index contributed by atoms with van der Waals surface area (Å²) in [5.41, 5.74) is 1.12. The molecule has 1 atom stereocenters. The van der Waals surface area contributed by atoms with Gasteiger partial charge >= 0.3 is 5.97 Å². The lowest BCUT2D eigenvalue weighted by molar-refractivity contribution is -0.122. The summed E-state index contributed by atoms with van der Waals surface area (Å²) in [5, 5.41) is 14.4. The number of rotatable bonds is 5. The fraction of sp³-hybridized carbons (Fsp3) is 0.400. The quantitative estimate of drug-likeness (QED) is 0.761. The molecular formula is C15H20N2O4. The van der Waals surface area contributed by atoms with Gasteiger partial charge in [0, 0.05) is 6.54 Å². The number of carboxylic acids is 1. The fourth-order valence-electron chi connectivity index (χ4n) is 2.04. The van der Waals surface area contributed by atoms with Crippen LogP contribution in [0.2, 0.25) is 0 Å². The molecule has 0 radical (unpaired) electrons. The Hall–Kier alpha value is -2.37. The van der Waals surface area contributed by atoms with Crippen LogP contribution in [0, 0.1) is 13.8 Å². The van der Waals surface area contributed by atoms with E-state index in [-0.39, 0.29) is 17.0 Å². The van der Waals surface area contributed by atoms with E-state index < -0.39 is 17.9 Å². The highest BCUT2D eigenvalue weighted by Crippen LogP contribution is 2.19. The van der Waals surface area contributed by atoms with Crippen molar-refractivity contribution < 1.29 is 19.5 Å². The lowest BCUT2D eigenvalue weighted by Gasteiger charge is -2.16. The first-order chi connectivity index (χ1) is 9.79. The van der Waals surface area contributed by atoms with Crippen LogP contribution < -0.4 is 10.6 Å². The summed E-state index contributed by atoms with van der Waals surface area (Å²) < 4.78 is 0. The molecule has 0 bridgehead atoms. The predicted octanol–water partition coefficient (Wildman–Crippen LogP) is 1.26. The van der Waals surface area contributed by atoms with E-state index in [1.54, 1.807) is 39.8 Å². The zero-order chi connectivity index (χ0) is 16.2. The smallest absolute Gasteiger partial charge is 0.336 e. The van der Waals surface area contributed by atoms with E-state index in [1.165, 1.54) is 0 Å². The number of carboxylic acid groups (broad SMARTS) is 1. The number of aromatic carboxylic acids is 1. The Morgan fingerprint density at radius 1 is 1.14 bits per heavy atom. The van der Waals surface area contributed by atoms with E-state index in [0.29, 0.717) is 17.7 Å². The highest BCUT2D eigenvalue weighted by Gasteiger charge is 2.23. The molecule has 3 N–H and O–H groups in total. The number of hydrogen-bond donors (Lipinski definition) is 3. The van der Waals surface area contributed by atoms with Crippen LogP contribution in [0.4, 0.5) is 0 Å². The largest absolute Gasteiger partial charge is 0.478 e. The van der Waals surface area contributed by atoms with E-state index in [9.17, 15) is 19.5 Å². The highest BCUT2D eigenvalue weighted by molar-refractivity contribution is 6.07. The molecule has 0 fully saturated rings. The van der Waals surface area contributed by atoms with Gasteiger partial charge in [0.1, 0.15) is 6.04 Å². The SMILES string of the molecule is CCNC(=O)C(C)NC(=O)c1c(C)ccc(C)c1C(=O)O. The average Bonchev–Trinajstić information content (AvgIpc) is 2.40. The first-order valence-corrected chi connectivity index (χ1v) is 6.71. The summed E-state index contributed by atoms with van der Waals surface area (Å²) in [6.45, 7) is 7.08. The molecule has 0 aromatic heterocycles. The molecule has 21 heavy (non-hydrogen) atoms. The summed E-state index contributed by atoms with van der Waals surface area (Å²) >= 11 is 0. The minimum Gasteiger partial charge on any atom is -0.478 e. The van der Waals surface area contributed by atoms with E-state index >= 15 is 0 Å². The third-order valence-electron chi connectivity index (χ3n) is 3.15. The summed E-state index contributed by atoms with van der Waals surface area (Å²) in [6, 6.07) is 2.61. The zero-order valence-corrected chi connectivity index (χ0v) is 12.6. The predicted molar refractivity (Wildman–Crippen MR) is 78.5 cm³/mol. The molecule has 6 nitrogen and oxygen atoms in total. The maximum absolute atomic E-state index is 12.3. The first-order valence-electron chi connectivity index (χ1n) is 6.71. The fourth-order valence-corrected chi connectivity index (χ4v) is 2.04. The van der Waals surface area contributed by atoms with Crippen LogP contribution in [-0.4, -0.2) is 35.5 Å². The molecule has 1 aromatic carbocycles. The maximum atomic E-state index is 12.3. The standard InChI is InChI=1S/C15H20N2O4/c1-5-16-13(18)10(4)17-14(19)11-8(2)6-7-9(3)12(11)15(20)21/h6-7,10H,5H2,1-4H3,(H,16,18)(H,17,19)(H,20,21). The second-order valence-corrected chi connectivity index (χ2v) is 4.84. The summed E-state index contributed by atoms with van der Waals surface area (Å²) in [4.78, 5) is 35.3. The lowest BCUT2D eigenvalue weighted by Crippen LogP contribution is -2.45. The minimum absolute atomic E-state index is 0.0319. The summed E-state index contributed by atoms with van der Waals surface area (Å²) in [5.74, 6) is -2.03. The molecule has 0 saturated heterocycles. The van der Waals surface area contributed by atoms with Gasteiger partial charge < -0.3 is 15.7 Å².